The zero-order valence-corrected chi connectivity index (χ0v) is 14.1. The molecule has 0 atom stereocenters. The molecule has 1 aliphatic rings. The Hall–Kier alpha value is -2.99. The lowest BCUT2D eigenvalue weighted by atomic mass is 10.1. The van der Waals surface area contributed by atoms with Gasteiger partial charge >= 0.3 is 5.97 Å². The van der Waals surface area contributed by atoms with Gasteiger partial charge in [0.15, 0.2) is 11.5 Å². The third-order valence-corrected chi connectivity index (χ3v) is 4.08. The highest BCUT2D eigenvalue weighted by molar-refractivity contribution is 6.32. The number of fused-ring (bicyclic) bond motifs is 1. The Morgan fingerprint density at radius 2 is 2.00 bits per heavy atom. The van der Waals surface area contributed by atoms with Crippen LogP contribution >= 0.6 is 11.6 Å². The van der Waals surface area contributed by atoms with Crippen LogP contribution < -0.4 is 9.47 Å². The van der Waals surface area contributed by atoms with E-state index in [9.17, 15) is 9.18 Å². The van der Waals surface area contributed by atoms with Gasteiger partial charge in [-0.3, -0.25) is 0 Å². The van der Waals surface area contributed by atoms with Crippen LogP contribution in [0, 0.1) is 5.82 Å². The fraction of sp³-hybridized carbons (Fsp3) is 0.105. The third-order valence-electron chi connectivity index (χ3n) is 3.80. The Kier molecular flexibility index (Phi) is 4.26. The van der Waals surface area contributed by atoms with Gasteiger partial charge in [-0.2, -0.15) is 0 Å². The number of hydrogen-bond donors (Lipinski definition) is 0. The molecule has 1 aliphatic heterocycles. The van der Waals surface area contributed by atoms with E-state index >= 15 is 0 Å². The van der Waals surface area contributed by atoms with E-state index in [1.54, 1.807) is 30.3 Å². The van der Waals surface area contributed by atoms with Crippen LogP contribution in [-0.4, -0.2) is 12.8 Å². The second kappa shape index (κ2) is 6.72. The van der Waals surface area contributed by atoms with Crippen molar-refractivity contribution in [1.82, 2.24) is 0 Å². The summed E-state index contributed by atoms with van der Waals surface area (Å²) in [7, 11) is 0. The van der Waals surface area contributed by atoms with Gasteiger partial charge in [0.2, 0.25) is 12.6 Å². The number of esters is 1. The maximum absolute atomic E-state index is 13.8. The maximum atomic E-state index is 13.8. The minimum atomic E-state index is -0.665. The predicted octanol–water partition coefficient (Wildman–Crippen LogP) is 4.82. The van der Waals surface area contributed by atoms with Crippen LogP contribution in [0.1, 0.15) is 16.1 Å². The molecule has 0 radical (unpaired) electrons. The molecule has 4 rings (SSSR count). The highest BCUT2D eigenvalue weighted by Crippen LogP contribution is 2.40. The highest BCUT2D eigenvalue weighted by atomic mass is 35.5. The third kappa shape index (κ3) is 3.11. The van der Waals surface area contributed by atoms with Crippen LogP contribution in [0.25, 0.3) is 11.3 Å². The summed E-state index contributed by atoms with van der Waals surface area (Å²) in [6.45, 7) is 0.0778. The molecule has 2 aromatic carbocycles. The minimum Gasteiger partial charge on any atom is -0.455 e. The molecule has 0 fully saturated rings. The molecule has 26 heavy (non-hydrogen) atoms. The largest absolute Gasteiger partial charge is 0.455 e. The smallest absolute Gasteiger partial charge is 0.374 e. The Morgan fingerprint density at radius 3 is 2.85 bits per heavy atom. The molecule has 7 heteroatoms. The average molecular weight is 375 g/mol. The molecule has 132 valence electrons. The Bertz CT molecular complexity index is 982. The maximum Gasteiger partial charge on any atom is 0.374 e. The van der Waals surface area contributed by atoms with Gasteiger partial charge in [0, 0.05) is 0 Å². The monoisotopic (exact) mass is 374 g/mol. The van der Waals surface area contributed by atoms with E-state index in [0.717, 1.165) is 0 Å². The quantitative estimate of drug-likeness (QED) is 0.612. The molecule has 0 spiro atoms. The molecule has 2 heterocycles. The molecular formula is C19H12ClFO5. The number of rotatable bonds is 4. The van der Waals surface area contributed by atoms with Gasteiger partial charge in [0.1, 0.15) is 18.2 Å². The summed E-state index contributed by atoms with van der Waals surface area (Å²) in [5.74, 6) is 0.111. The van der Waals surface area contributed by atoms with Gasteiger partial charge < -0.3 is 18.6 Å². The Morgan fingerprint density at radius 1 is 1.15 bits per heavy atom. The first-order valence-electron chi connectivity index (χ1n) is 7.72. The molecule has 0 bridgehead atoms. The average Bonchev–Trinajstić information content (AvgIpc) is 3.29. The first-order chi connectivity index (χ1) is 12.6. The van der Waals surface area contributed by atoms with E-state index in [1.807, 2.05) is 0 Å². The zero-order chi connectivity index (χ0) is 18.1. The van der Waals surface area contributed by atoms with E-state index in [-0.39, 0.29) is 30.5 Å². The topological polar surface area (TPSA) is 57.9 Å². The van der Waals surface area contributed by atoms with Crippen LogP contribution in [0.15, 0.2) is 52.9 Å². The summed E-state index contributed by atoms with van der Waals surface area (Å²) in [6.07, 6.45) is 0. The molecule has 0 unspecified atom stereocenters. The van der Waals surface area contributed by atoms with Crippen molar-refractivity contribution in [3.63, 3.8) is 0 Å². The number of benzene rings is 2. The van der Waals surface area contributed by atoms with Crippen molar-refractivity contribution in [3.8, 4) is 22.8 Å². The van der Waals surface area contributed by atoms with E-state index in [4.69, 9.17) is 30.2 Å². The highest BCUT2D eigenvalue weighted by Gasteiger charge is 2.20. The summed E-state index contributed by atoms with van der Waals surface area (Å²) in [5.41, 5.74) is 0.919. The first-order valence-corrected chi connectivity index (χ1v) is 8.09. The molecule has 0 amide bonds. The second-order valence-corrected chi connectivity index (χ2v) is 5.94. The van der Waals surface area contributed by atoms with E-state index in [0.29, 0.717) is 22.1 Å². The summed E-state index contributed by atoms with van der Waals surface area (Å²) >= 11 is 6.09. The van der Waals surface area contributed by atoms with Crippen molar-refractivity contribution in [2.24, 2.45) is 0 Å². The fourth-order valence-corrected chi connectivity index (χ4v) is 2.87. The number of carbonyl (C=O) groups excluding carboxylic acids is 1. The zero-order valence-electron chi connectivity index (χ0n) is 13.3. The second-order valence-electron chi connectivity index (χ2n) is 5.53. The molecule has 0 N–H and O–H groups in total. The van der Waals surface area contributed by atoms with E-state index < -0.39 is 11.8 Å². The van der Waals surface area contributed by atoms with Crippen LogP contribution in [-0.2, 0) is 11.3 Å². The van der Waals surface area contributed by atoms with Crippen LogP contribution in [0.2, 0.25) is 5.02 Å². The number of furan rings is 1. The normalized spacial score (nSPS) is 12.2. The van der Waals surface area contributed by atoms with Gasteiger partial charge in [-0.05, 0) is 42.0 Å². The van der Waals surface area contributed by atoms with Crippen LogP contribution in [0.4, 0.5) is 4.39 Å². The van der Waals surface area contributed by atoms with Crippen molar-refractivity contribution in [1.29, 1.82) is 0 Å². The SMILES string of the molecule is O=C(OCc1cc(Cl)c2c(c1)OCO2)c1ccc(-c2ccccc2F)o1. The summed E-state index contributed by atoms with van der Waals surface area (Å²) in [4.78, 5) is 12.2. The number of carbonyl (C=O) groups is 1. The first kappa shape index (κ1) is 16.5. The Labute approximate surface area is 152 Å². The van der Waals surface area contributed by atoms with Gasteiger partial charge in [0.05, 0.1) is 10.6 Å². The van der Waals surface area contributed by atoms with Crippen LogP contribution in [0.3, 0.4) is 0 Å². The van der Waals surface area contributed by atoms with E-state index in [1.165, 1.54) is 18.2 Å². The molecular weight excluding hydrogens is 363 g/mol. The van der Waals surface area contributed by atoms with Gasteiger partial charge in [-0.15, -0.1) is 0 Å². The molecule has 5 nitrogen and oxygen atoms in total. The van der Waals surface area contributed by atoms with Crippen molar-refractivity contribution in [2.45, 2.75) is 6.61 Å². The lowest BCUT2D eigenvalue weighted by Crippen LogP contribution is -2.04. The minimum absolute atomic E-state index is 0.0184. The number of ether oxygens (including phenoxy) is 3. The summed E-state index contributed by atoms with van der Waals surface area (Å²) in [5, 5.41) is 0.380. The van der Waals surface area contributed by atoms with Crippen molar-refractivity contribution in [2.75, 3.05) is 6.79 Å². The van der Waals surface area contributed by atoms with Gasteiger partial charge in [-0.1, -0.05) is 23.7 Å². The lowest BCUT2D eigenvalue weighted by molar-refractivity contribution is 0.0437. The van der Waals surface area contributed by atoms with Crippen molar-refractivity contribution >= 4 is 17.6 Å². The van der Waals surface area contributed by atoms with Gasteiger partial charge in [-0.25, -0.2) is 9.18 Å². The summed E-state index contributed by atoms with van der Waals surface area (Å²) < 4.78 is 34.9. The standard InChI is InChI=1S/C19H12ClFO5/c20-13-7-11(8-17-18(13)25-10-24-17)9-23-19(22)16-6-5-15(26-16)12-3-1-2-4-14(12)21/h1-8H,9-10H2. The number of halogens is 2. The molecule has 1 aromatic heterocycles. The molecule has 3 aromatic rings. The van der Waals surface area contributed by atoms with Crippen molar-refractivity contribution in [3.05, 3.63) is 70.7 Å². The lowest BCUT2D eigenvalue weighted by Gasteiger charge is -2.06. The van der Waals surface area contributed by atoms with Crippen molar-refractivity contribution < 1.29 is 27.8 Å². The fourth-order valence-electron chi connectivity index (χ4n) is 2.58. The Balaban J connectivity index is 1.46. The molecule has 0 saturated heterocycles. The van der Waals surface area contributed by atoms with E-state index in [2.05, 4.69) is 0 Å². The van der Waals surface area contributed by atoms with Crippen LogP contribution in [0.5, 0.6) is 11.5 Å². The summed E-state index contributed by atoms with van der Waals surface area (Å²) in [6, 6.07) is 12.4. The van der Waals surface area contributed by atoms with Gasteiger partial charge in [0.25, 0.3) is 0 Å². The molecule has 0 aliphatic carbocycles. The predicted molar refractivity (Wildman–Crippen MR) is 90.8 cm³/mol. The number of hydrogen-bond acceptors (Lipinski definition) is 5. The molecule has 0 saturated carbocycles.